The summed E-state index contributed by atoms with van der Waals surface area (Å²) >= 11 is 0. The summed E-state index contributed by atoms with van der Waals surface area (Å²) in [5.41, 5.74) is 3.36. The maximum Gasteiger partial charge on any atom is 0.336 e. The van der Waals surface area contributed by atoms with E-state index in [1.165, 1.54) is 12.1 Å². The van der Waals surface area contributed by atoms with Crippen molar-refractivity contribution < 1.29 is 18.8 Å². The summed E-state index contributed by atoms with van der Waals surface area (Å²) in [6.07, 6.45) is 0.687. The lowest BCUT2D eigenvalue weighted by atomic mass is 10.00. The number of aromatic carboxylic acids is 1. The Morgan fingerprint density at radius 2 is 2.08 bits per heavy atom. The highest BCUT2D eigenvalue weighted by Gasteiger charge is 2.25. The van der Waals surface area contributed by atoms with Crippen LogP contribution in [0.5, 0.6) is 0 Å². The molecular formula is C20H17FN2O3. The molecule has 0 fully saturated rings. The summed E-state index contributed by atoms with van der Waals surface area (Å²) in [6.45, 7) is 1.85. The normalized spacial score (nSPS) is 14.2. The van der Waals surface area contributed by atoms with Crippen LogP contribution in [0.4, 0.5) is 4.39 Å². The Kier molecular flexibility index (Phi) is 4.26. The molecule has 132 valence electrons. The number of nitrogens with zero attached hydrogens (tertiary/aromatic N) is 2. The van der Waals surface area contributed by atoms with Crippen molar-refractivity contribution in [2.45, 2.75) is 19.5 Å². The van der Waals surface area contributed by atoms with E-state index < -0.39 is 5.97 Å². The van der Waals surface area contributed by atoms with Crippen molar-refractivity contribution in [1.29, 1.82) is 0 Å². The molecule has 0 unspecified atom stereocenters. The molecule has 0 amide bonds. The Labute approximate surface area is 149 Å². The summed E-state index contributed by atoms with van der Waals surface area (Å²) < 4.78 is 19.0. The number of fused-ring (bicyclic) bond motifs is 1. The van der Waals surface area contributed by atoms with Crippen molar-refractivity contribution in [2.75, 3.05) is 6.54 Å². The smallest absolute Gasteiger partial charge is 0.336 e. The zero-order valence-electron chi connectivity index (χ0n) is 14.0. The lowest BCUT2D eigenvalue weighted by Gasteiger charge is -2.26. The van der Waals surface area contributed by atoms with Crippen LogP contribution >= 0.6 is 0 Å². The van der Waals surface area contributed by atoms with Crippen LogP contribution in [0.15, 0.2) is 53.1 Å². The predicted octanol–water partition coefficient (Wildman–Crippen LogP) is 3.74. The number of carboxylic acids is 1. The number of halogens is 1. The molecule has 0 saturated heterocycles. The number of carboxylic acid groups (broad SMARTS) is 1. The summed E-state index contributed by atoms with van der Waals surface area (Å²) in [5.74, 6) is -0.432. The van der Waals surface area contributed by atoms with E-state index in [-0.39, 0.29) is 5.82 Å². The van der Waals surface area contributed by atoms with Crippen molar-refractivity contribution in [3.05, 3.63) is 76.8 Å². The van der Waals surface area contributed by atoms with Crippen LogP contribution in [0.3, 0.4) is 0 Å². The summed E-state index contributed by atoms with van der Waals surface area (Å²) in [6, 6.07) is 13.3. The van der Waals surface area contributed by atoms with Crippen LogP contribution in [0.1, 0.15) is 27.2 Å². The fraction of sp³-hybridized carbons (Fsp3) is 0.200. The van der Waals surface area contributed by atoms with Gasteiger partial charge in [0.05, 0.1) is 5.56 Å². The van der Waals surface area contributed by atoms with E-state index >= 15 is 0 Å². The number of aromatic nitrogens is 1. The average molecular weight is 352 g/mol. The van der Waals surface area contributed by atoms with Gasteiger partial charge in [0.15, 0.2) is 0 Å². The SMILES string of the molecule is O=C(O)c1ccccc1CN1CCc2onc(-c3cccc(F)c3)c2C1. The van der Waals surface area contributed by atoms with Gasteiger partial charge in [-0.05, 0) is 23.8 Å². The van der Waals surface area contributed by atoms with E-state index in [1.54, 1.807) is 24.3 Å². The fourth-order valence-corrected chi connectivity index (χ4v) is 3.37. The zero-order valence-corrected chi connectivity index (χ0v) is 14.0. The van der Waals surface area contributed by atoms with Crippen molar-refractivity contribution in [3.63, 3.8) is 0 Å². The molecule has 26 heavy (non-hydrogen) atoms. The Balaban J connectivity index is 1.61. The first-order valence-corrected chi connectivity index (χ1v) is 8.39. The molecule has 2 heterocycles. The van der Waals surface area contributed by atoms with E-state index in [9.17, 15) is 14.3 Å². The van der Waals surface area contributed by atoms with Gasteiger partial charge in [0.2, 0.25) is 0 Å². The van der Waals surface area contributed by atoms with E-state index in [4.69, 9.17) is 4.52 Å². The van der Waals surface area contributed by atoms with Crippen molar-refractivity contribution in [2.24, 2.45) is 0 Å². The lowest BCUT2D eigenvalue weighted by Crippen LogP contribution is -2.30. The van der Waals surface area contributed by atoms with Crippen LogP contribution in [-0.2, 0) is 19.5 Å². The first-order chi connectivity index (χ1) is 12.6. The number of benzene rings is 2. The highest BCUT2D eigenvalue weighted by molar-refractivity contribution is 5.89. The molecule has 0 aliphatic carbocycles. The molecule has 0 saturated carbocycles. The first kappa shape index (κ1) is 16.5. The van der Waals surface area contributed by atoms with Crippen LogP contribution in [0, 0.1) is 5.82 Å². The fourth-order valence-electron chi connectivity index (χ4n) is 3.37. The van der Waals surface area contributed by atoms with Gasteiger partial charge in [-0.3, -0.25) is 4.90 Å². The van der Waals surface area contributed by atoms with Gasteiger partial charge in [-0.2, -0.15) is 0 Å². The second-order valence-corrected chi connectivity index (χ2v) is 6.37. The third-order valence-electron chi connectivity index (χ3n) is 4.65. The van der Waals surface area contributed by atoms with Gasteiger partial charge in [0.1, 0.15) is 17.3 Å². The van der Waals surface area contributed by atoms with Crippen LogP contribution in [0.25, 0.3) is 11.3 Å². The largest absolute Gasteiger partial charge is 0.478 e. The van der Waals surface area contributed by atoms with Crippen molar-refractivity contribution in [1.82, 2.24) is 10.1 Å². The molecule has 4 rings (SSSR count). The van der Waals surface area contributed by atoms with Gasteiger partial charge in [-0.15, -0.1) is 0 Å². The molecule has 1 aliphatic rings. The van der Waals surface area contributed by atoms with Gasteiger partial charge in [0.25, 0.3) is 0 Å². The van der Waals surface area contributed by atoms with Crippen LogP contribution in [-0.4, -0.2) is 27.7 Å². The quantitative estimate of drug-likeness (QED) is 0.775. The molecule has 6 heteroatoms. The Hall–Kier alpha value is -2.99. The van der Waals surface area contributed by atoms with Gasteiger partial charge < -0.3 is 9.63 Å². The van der Waals surface area contributed by atoms with E-state index in [2.05, 4.69) is 10.1 Å². The van der Waals surface area contributed by atoms with Gasteiger partial charge in [-0.25, -0.2) is 9.18 Å². The van der Waals surface area contributed by atoms with E-state index in [0.717, 1.165) is 23.4 Å². The molecule has 0 bridgehead atoms. The first-order valence-electron chi connectivity index (χ1n) is 8.39. The maximum atomic E-state index is 13.6. The Morgan fingerprint density at radius 1 is 1.23 bits per heavy atom. The van der Waals surface area contributed by atoms with Crippen molar-refractivity contribution in [3.8, 4) is 11.3 Å². The highest BCUT2D eigenvalue weighted by atomic mass is 19.1. The topological polar surface area (TPSA) is 66.6 Å². The molecule has 5 nitrogen and oxygen atoms in total. The third-order valence-corrected chi connectivity index (χ3v) is 4.65. The molecule has 0 radical (unpaired) electrons. The molecule has 1 aliphatic heterocycles. The number of hydrogen-bond donors (Lipinski definition) is 1. The molecule has 1 aromatic heterocycles. The Morgan fingerprint density at radius 3 is 2.88 bits per heavy atom. The molecular weight excluding hydrogens is 335 g/mol. The standard InChI is InChI=1S/C20H17FN2O3/c21-15-6-3-5-13(10-15)19-17-12-23(9-8-18(17)26-22-19)11-14-4-1-2-7-16(14)20(24)25/h1-7,10H,8-9,11-12H2,(H,24,25). The minimum absolute atomic E-state index is 0.314. The third kappa shape index (κ3) is 3.11. The second kappa shape index (κ2) is 6.72. The monoisotopic (exact) mass is 352 g/mol. The minimum Gasteiger partial charge on any atom is -0.478 e. The number of hydrogen-bond acceptors (Lipinski definition) is 4. The maximum absolute atomic E-state index is 13.6. The van der Waals surface area contributed by atoms with Gasteiger partial charge in [0, 0.05) is 37.2 Å². The summed E-state index contributed by atoms with van der Waals surface area (Å²) in [5, 5.41) is 13.5. The van der Waals surface area contributed by atoms with Crippen molar-refractivity contribution >= 4 is 5.97 Å². The highest BCUT2D eigenvalue weighted by Crippen LogP contribution is 2.31. The lowest BCUT2D eigenvalue weighted by molar-refractivity contribution is 0.0694. The Bertz CT molecular complexity index is 967. The zero-order chi connectivity index (χ0) is 18.1. The molecule has 3 aromatic rings. The second-order valence-electron chi connectivity index (χ2n) is 6.37. The average Bonchev–Trinajstić information content (AvgIpc) is 3.05. The van der Waals surface area contributed by atoms with E-state index in [1.807, 2.05) is 12.1 Å². The van der Waals surface area contributed by atoms with Gasteiger partial charge >= 0.3 is 5.97 Å². The van der Waals surface area contributed by atoms with Crippen LogP contribution < -0.4 is 0 Å². The van der Waals surface area contributed by atoms with Crippen LogP contribution in [0.2, 0.25) is 0 Å². The molecule has 0 spiro atoms. The van der Waals surface area contributed by atoms with E-state index in [0.29, 0.717) is 36.3 Å². The van der Waals surface area contributed by atoms with Gasteiger partial charge in [-0.1, -0.05) is 35.5 Å². The molecule has 2 aromatic carbocycles. The summed E-state index contributed by atoms with van der Waals surface area (Å²) in [7, 11) is 0. The summed E-state index contributed by atoms with van der Waals surface area (Å²) in [4.78, 5) is 13.6. The molecule has 1 N–H and O–H groups in total. The number of carbonyl (C=O) groups is 1. The number of rotatable bonds is 4. The minimum atomic E-state index is -0.927. The molecule has 0 atom stereocenters. The predicted molar refractivity (Wildman–Crippen MR) is 93.1 cm³/mol.